The third-order valence-electron chi connectivity index (χ3n) is 5.61. The summed E-state index contributed by atoms with van der Waals surface area (Å²) >= 11 is 5.94. The number of ether oxygens (including phenoxy) is 1. The van der Waals surface area contributed by atoms with Gasteiger partial charge in [-0.15, -0.1) is 0 Å². The molecule has 4 rings (SSSR count). The van der Waals surface area contributed by atoms with Crippen LogP contribution in [0.15, 0.2) is 84.9 Å². The van der Waals surface area contributed by atoms with Crippen LogP contribution in [-0.4, -0.2) is 18.0 Å². The Morgan fingerprint density at radius 2 is 1.33 bits per heavy atom. The average Bonchev–Trinajstić information content (AvgIpc) is 3.19. The molecule has 2 atom stereocenters. The Morgan fingerprint density at radius 1 is 0.848 bits per heavy atom. The molecule has 0 saturated carbocycles. The van der Waals surface area contributed by atoms with Gasteiger partial charge in [0.05, 0.1) is 12.1 Å². The summed E-state index contributed by atoms with van der Waals surface area (Å²) in [6.07, 6.45) is -4.70. The van der Waals surface area contributed by atoms with E-state index in [0.717, 1.165) is 16.7 Å². The van der Waals surface area contributed by atoms with E-state index in [1.54, 1.807) is 24.3 Å². The number of aryl methyl sites for hydroxylation is 1. The molecule has 172 valence electrons. The Hall–Kier alpha value is -2.87. The lowest BCUT2D eigenvalue weighted by Crippen LogP contribution is -2.55. The van der Waals surface area contributed by atoms with Crippen LogP contribution in [0.4, 0.5) is 13.2 Å². The smallest absolute Gasteiger partial charge is 0.424 e. The van der Waals surface area contributed by atoms with Crippen LogP contribution in [0.1, 0.15) is 35.2 Å². The van der Waals surface area contributed by atoms with Gasteiger partial charge in [0.25, 0.3) is 0 Å². The summed E-state index contributed by atoms with van der Waals surface area (Å²) in [5.74, 6) is -3.98. The Kier molecular flexibility index (Phi) is 6.74. The molecule has 0 aromatic heterocycles. The van der Waals surface area contributed by atoms with Crippen molar-refractivity contribution in [3.8, 4) is 0 Å². The van der Waals surface area contributed by atoms with E-state index in [0.29, 0.717) is 11.4 Å². The second-order valence-corrected chi connectivity index (χ2v) is 8.34. The molecular weight excluding hydrogens is 453 g/mol. The van der Waals surface area contributed by atoms with Crippen molar-refractivity contribution in [2.24, 2.45) is 0 Å². The van der Waals surface area contributed by atoms with Crippen LogP contribution in [0.3, 0.4) is 0 Å². The SMILES string of the molecule is O=C(OC1(CCc2ccc(Cl)cc2)NC(c2ccccc2)C(c2ccccc2)N1)C(F)(F)F. The Morgan fingerprint density at radius 3 is 1.79 bits per heavy atom. The summed E-state index contributed by atoms with van der Waals surface area (Å²) in [4.78, 5) is 11.9. The summed E-state index contributed by atoms with van der Waals surface area (Å²) < 4.78 is 44.6. The number of hydrogen-bond acceptors (Lipinski definition) is 4. The molecule has 1 aliphatic heterocycles. The van der Waals surface area contributed by atoms with Crippen molar-refractivity contribution in [3.05, 3.63) is 107 Å². The highest BCUT2D eigenvalue weighted by atomic mass is 35.5. The predicted octanol–water partition coefficient (Wildman–Crippen LogP) is 5.71. The number of carbonyl (C=O) groups excluding carboxylic acids is 1. The number of rotatable bonds is 6. The maximum atomic E-state index is 13.2. The van der Waals surface area contributed by atoms with E-state index in [-0.39, 0.29) is 6.42 Å². The van der Waals surface area contributed by atoms with Crippen LogP contribution in [-0.2, 0) is 16.0 Å². The number of nitrogens with one attached hydrogen (secondary N) is 2. The molecule has 0 spiro atoms. The lowest BCUT2D eigenvalue weighted by molar-refractivity contribution is -0.219. The van der Waals surface area contributed by atoms with E-state index in [1.165, 1.54) is 0 Å². The van der Waals surface area contributed by atoms with Gasteiger partial charge in [-0.1, -0.05) is 84.4 Å². The molecule has 0 bridgehead atoms. The average molecular weight is 475 g/mol. The molecule has 4 nitrogen and oxygen atoms in total. The Labute approximate surface area is 194 Å². The first-order valence-corrected chi connectivity index (χ1v) is 10.8. The Bertz CT molecular complexity index is 1030. The van der Waals surface area contributed by atoms with Crippen LogP contribution in [0, 0.1) is 0 Å². The van der Waals surface area contributed by atoms with E-state index in [2.05, 4.69) is 10.6 Å². The van der Waals surface area contributed by atoms with Crippen molar-refractivity contribution in [2.45, 2.75) is 37.0 Å². The maximum Gasteiger partial charge on any atom is 0.491 e. The summed E-state index contributed by atoms with van der Waals surface area (Å²) in [5, 5.41) is 6.91. The maximum absolute atomic E-state index is 13.2. The molecule has 1 heterocycles. The highest BCUT2D eigenvalue weighted by Gasteiger charge is 2.52. The minimum atomic E-state index is -5.12. The van der Waals surface area contributed by atoms with E-state index in [4.69, 9.17) is 16.3 Å². The molecular formula is C25H22ClF3N2O2. The molecule has 8 heteroatoms. The summed E-state index contributed by atoms with van der Waals surface area (Å²) in [6, 6.07) is 24.8. The molecule has 1 aliphatic rings. The summed E-state index contributed by atoms with van der Waals surface area (Å²) in [5.41, 5.74) is 2.57. The normalized spacial score (nSPS) is 22.8. The van der Waals surface area contributed by atoms with Crippen molar-refractivity contribution >= 4 is 17.6 Å². The monoisotopic (exact) mass is 474 g/mol. The standard InChI is InChI=1S/C25H22ClF3N2O2/c26-20-13-11-17(12-14-20)15-16-24(33-23(32)25(27,28)29)30-21(18-7-3-1-4-8-18)22(31-24)19-9-5-2-6-10-19/h1-14,21-22,30-31H,15-16H2. The molecule has 33 heavy (non-hydrogen) atoms. The number of esters is 1. The molecule has 0 aliphatic carbocycles. The molecule has 1 saturated heterocycles. The highest BCUT2D eigenvalue weighted by molar-refractivity contribution is 6.30. The topological polar surface area (TPSA) is 50.4 Å². The van der Waals surface area contributed by atoms with Gasteiger partial charge in [-0.3, -0.25) is 10.6 Å². The van der Waals surface area contributed by atoms with Gasteiger partial charge in [-0.25, -0.2) is 4.79 Å². The van der Waals surface area contributed by atoms with Crippen molar-refractivity contribution in [1.82, 2.24) is 10.6 Å². The van der Waals surface area contributed by atoms with Crippen molar-refractivity contribution in [2.75, 3.05) is 0 Å². The summed E-state index contributed by atoms with van der Waals surface area (Å²) in [7, 11) is 0. The van der Waals surface area contributed by atoms with Gasteiger partial charge in [0.2, 0.25) is 5.85 Å². The molecule has 0 radical (unpaired) electrons. The molecule has 3 aromatic carbocycles. The zero-order valence-corrected chi connectivity index (χ0v) is 18.2. The van der Waals surface area contributed by atoms with Crippen molar-refractivity contribution in [3.63, 3.8) is 0 Å². The molecule has 2 unspecified atom stereocenters. The third kappa shape index (κ3) is 5.55. The van der Waals surface area contributed by atoms with Crippen LogP contribution >= 0.6 is 11.6 Å². The number of halogens is 4. The number of benzene rings is 3. The lowest BCUT2D eigenvalue weighted by Gasteiger charge is -2.31. The van der Waals surface area contributed by atoms with E-state index in [9.17, 15) is 18.0 Å². The van der Waals surface area contributed by atoms with Gasteiger partial charge in [0.15, 0.2) is 0 Å². The molecule has 2 N–H and O–H groups in total. The van der Waals surface area contributed by atoms with Crippen LogP contribution in [0.5, 0.6) is 0 Å². The summed E-state index contributed by atoms with van der Waals surface area (Å²) in [6.45, 7) is 0. The van der Waals surface area contributed by atoms with Crippen LogP contribution < -0.4 is 10.6 Å². The number of alkyl halides is 3. The molecule has 1 fully saturated rings. The van der Waals surface area contributed by atoms with Gasteiger partial charge < -0.3 is 4.74 Å². The Balaban J connectivity index is 1.69. The zero-order valence-electron chi connectivity index (χ0n) is 17.5. The van der Waals surface area contributed by atoms with E-state index < -0.39 is 30.1 Å². The minimum Gasteiger partial charge on any atom is -0.424 e. The fourth-order valence-electron chi connectivity index (χ4n) is 4.02. The van der Waals surface area contributed by atoms with E-state index >= 15 is 0 Å². The first-order valence-electron chi connectivity index (χ1n) is 10.5. The largest absolute Gasteiger partial charge is 0.491 e. The first kappa shape index (κ1) is 23.3. The molecule has 3 aromatic rings. The van der Waals surface area contributed by atoms with Crippen LogP contribution in [0.25, 0.3) is 0 Å². The number of hydrogen-bond donors (Lipinski definition) is 2. The lowest BCUT2D eigenvalue weighted by atomic mass is 9.95. The van der Waals surface area contributed by atoms with Crippen molar-refractivity contribution in [1.29, 1.82) is 0 Å². The second-order valence-electron chi connectivity index (χ2n) is 7.91. The quantitative estimate of drug-likeness (QED) is 0.449. The van der Waals surface area contributed by atoms with Gasteiger partial charge >= 0.3 is 12.1 Å². The highest BCUT2D eigenvalue weighted by Crippen LogP contribution is 2.39. The van der Waals surface area contributed by atoms with Gasteiger partial charge in [-0.2, -0.15) is 13.2 Å². The predicted molar refractivity (Wildman–Crippen MR) is 119 cm³/mol. The van der Waals surface area contributed by atoms with Gasteiger partial charge in [0, 0.05) is 11.4 Å². The van der Waals surface area contributed by atoms with Crippen molar-refractivity contribution < 1.29 is 22.7 Å². The van der Waals surface area contributed by atoms with Gasteiger partial charge in [-0.05, 0) is 35.2 Å². The van der Waals surface area contributed by atoms with Gasteiger partial charge in [0.1, 0.15) is 0 Å². The zero-order chi connectivity index (χ0) is 23.5. The first-order chi connectivity index (χ1) is 15.8. The number of carbonyl (C=O) groups is 1. The fourth-order valence-corrected chi connectivity index (χ4v) is 4.15. The molecule has 0 amide bonds. The third-order valence-corrected chi connectivity index (χ3v) is 5.86. The second kappa shape index (κ2) is 9.55. The van der Waals surface area contributed by atoms with Crippen LogP contribution in [0.2, 0.25) is 5.02 Å². The minimum absolute atomic E-state index is 0.0725. The van der Waals surface area contributed by atoms with E-state index in [1.807, 2.05) is 60.7 Å². The fraction of sp³-hybridized carbons (Fsp3) is 0.240.